The van der Waals surface area contributed by atoms with Crippen LogP contribution in [0.5, 0.6) is 5.75 Å². The van der Waals surface area contributed by atoms with Crippen LogP contribution in [0.2, 0.25) is 0 Å². The van der Waals surface area contributed by atoms with Gasteiger partial charge in [0.2, 0.25) is 5.91 Å². The Balaban J connectivity index is 1.66. The molecule has 2 fully saturated rings. The van der Waals surface area contributed by atoms with Gasteiger partial charge in [0.25, 0.3) is 0 Å². The Bertz CT molecular complexity index is 1420. The summed E-state index contributed by atoms with van der Waals surface area (Å²) in [5.74, 6) is -1.18. The summed E-state index contributed by atoms with van der Waals surface area (Å²) in [5.41, 5.74) is -0.321. The number of esters is 1. The Labute approximate surface area is 253 Å². The molecule has 2 aromatic rings. The number of likely N-dealkylation sites (tertiary alicyclic amines) is 1. The summed E-state index contributed by atoms with van der Waals surface area (Å²) in [6.07, 6.45) is 0.787. The molecule has 2 heterocycles. The number of ketones is 1. The van der Waals surface area contributed by atoms with Gasteiger partial charge in [-0.15, -0.1) is 6.58 Å². The molecule has 1 saturated carbocycles. The highest BCUT2D eigenvalue weighted by molar-refractivity contribution is 9.09. The SMILES string of the molecule is C=CC1CC1(NC(=O)C1CC(Oc2cc(C(=O)CBr)nc3cc(N(C)C)ccc23)CN1C(=O)OC(C)(C)C)C(=O)OC. The second-order valence-electron chi connectivity index (χ2n) is 11.8. The summed E-state index contributed by atoms with van der Waals surface area (Å²) in [6.45, 7) is 9.01. The molecule has 0 radical (unpaired) electrons. The fourth-order valence-corrected chi connectivity index (χ4v) is 5.38. The van der Waals surface area contributed by atoms with Crippen LogP contribution in [0.15, 0.2) is 36.9 Å². The van der Waals surface area contributed by atoms with E-state index >= 15 is 0 Å². The molecule has 4 rings (SSSR count). The van der Waals surface area contributed by atoms with Crippen LogP contribution in [0, 0.1) is 5.92 Å². The van der Waals surface area contributed by atoms with Gasteiger partial charge < -0.3 is 24.4 Å². The van der Waals surface area contributed by atoms with E-state index < -0.39 is 41.3 Å². The van der Waals surface area contributed by atoms with E-state index in [4.69, 9.17) is 14.2 Å². The molecule has 2 amide bonds. The van der Waals surface area contributed by atoms with E-state index in [1.54, 1.807) is 32.9 Å². The first-order valence-corrected chi connectivity index (χ1v) is 14.8. The molecular weight excluding hydrogens is 608 g/mol. The number of Topliss-reactive ketones (excluding diaryl/α,β-unsaturated/α-hetero) is 1. The Morgan fingerprint density at radius 2 is 1.95 bits per heavy atom. The predicted molar refractivity (Wildman–Crippen MR) is 161 cm³/mol. The lowest BCUT2D eigenvalue weighted by Gasteiger charge is -2.28. The van der Waals surface area contributed by atoms with Gasteiger partial charge in [-0.2, -0.15) is 0 Å². The highest BCUT2D eigenvalue weighted by atomic mass is 79.9. The molecule has 1 aliphatic carbocycles. The maximum Gasteiger partial charge on any atom is 0.411 e. The van der Waals surface area contributed by atoms with Crippen LogP contribution in [0.4, 0.5) is 10.5 Å². The van der Waals surface area contributed by atoms with Gasteiger partial charge in [-0.3, -0.25) is 14.5 Å². The molecule has 1 aliphatic heterocycles. The molecule has 2 aliphatic rings. The van der Waals surface area contributed by atoms with Gasteiger partial charge in [-0.25, -0.2) is 14.6 Å². The third-order valence-electron chi connectivity index (χ3n) is 7.36. The van der Waals surface area contributed by atoms with Crippen LogP contribution in [0.25, 0.3) is 10.9 Å². The summed E-state index contributed by atoms with van der Waals surface area (Å²) >= 11 is 3.21. The molecule has 1 N–H and O–H groups in total. The van der Waals surface area contributed by atoms with Gasteiger partial charge >= 0.3 is 12.1 Å². The molecule has 11 nitrogen and oxygen atoms in total. The molecule has 4 atom stereocenters. The van der Waals surface area contributed by atoms with Crippen molar-refractivity contribution >= 4 is 56.3 Å². The molecule has 12 heteroatoms. The van der Waals surface area contributed by atoms with Crippen molar-refractivity contribution < 1.29 is 33.4 Å². The van der Waals surface area contributed by atoms with Crippen LogP contribution >= 0.6 is 15.9 Å². The standard InChI is InChI=1S/C30H37BrN4O7/c1-8-17-14-30(17,27(38)40-7)33-26(37)23-12-19(16-35(23)28(39)42-29(2,3)4)41-25-13-22(24(36)15-31)32-21-11-18(34(5)6)9-10-20(21)25/h8-11,13,17,19,23H,1,12,14-16H2,2-7H3,(H,33,37). The number of nitrogens with zero attached hydrogens (tertiary/aromatic N) is 3. The van der Waals surface area contributed by atoms with E-state index in [9.17, 15) is 19.2 Å². The molecule has 0 spiro atoms. The van der Waals surface area contributed by atoms with Crippen molar-refractivity contribution in [3.63, 3.8) is 0 Å². The zero-order chi connectivity index (χ0) is 31.0. The maximum absolute atomic E-state index is 13.6. The van der Waals surface area contributed by atoms with E-state index in [2.05, 4.69) is 32.8 Å². The van der Waals surface area contributed by atoms with Crippen LogP contribution < -0.4 is 15.0 Å². The third kappa shape index (κ3) is 6.38. The van der Waals surface area contributed by atoms with Crippen molar-refractivity contribution in [3.05, 3.63) is 42.6 Å². The van der Waals surface area contributed by atoms with E-state index in [1.165, 1.54) is 12.0 Å². The number of aromatic nitrogens is 1. The molecule has 1 saturated heterocycles. The van der Waals surface area contributed by atoms with Crippen molar-refractivity contribution in [2.75, 3.05) is 38.0 Å². The smallest absolute Gasteiger partial charge is 0.411 e. The zero-order valence-electron chi connectivity index (χ0n) is 24.7. The van der Waals surface area contributed by atoms with Crippen LogP contribution in [-0.2, 0) is 19.1 Å². The normalized spacial score (nSPS) is 23.2. The number of halogens is 1. The summed E-state index contributed by atoms with van der Waals surface area (Å²) in [4.78, 5) is 59.9. The van der Waals surface area contributed by atoms with Crippen molar-refractivity contribution in [1.29, 1.82) is 0 Å². The van der Waals surface area contributed by atoms with Crippen molar-refractivity contribution in [2.24, 2.45) is 5.92 Å². The van der Waals surface area contributed by atoms with Gasteiger partial charge in [-0.05, 0) is 45.4 Å². The summed E-state index contributed by atoms with van der Waals surface area (Å²) in [7, 11) is 5.07. The number of anilines is 1. The van der Waals surface area contributed by atoms with E-state index in [1.807, 2.05) is 37.2 Å². The number of benzene rings is 1. The molecule has 1 aromatic heterocycles. The van der Waals surface area contributed by atoms with Gasteiger partial charge in [0, 0.05) is 43.6 Å². The Morgan fingerprint density at radius 3 is 2.52 bits per heavy atom. The van der Waals surface area contributed by atoms with Gasteiger partial charge in [0.1, 0.15) is 34.7 Å². The Kier molecular flexibility index (Phi) is 8.86. The second-order valence-corrected chi connectivity index (χ2v) is 12.3. The van der Waals surface area contributed by atoms with E-state index in [0.717, 1.165) is 5.69 Å². The number of ether oxygens (including phenoxy) is 3. The topological polar surface area (TPSA) is 127 Å². The number of carbonyl (C=O) groups is 4. The minimum Gasteiger partial charge on any atom is -0.488 e. The highest BCUT2D eigenvalue weighted by Gasteiger charge is 2.62. The summed E-state index contributed by atoms with van der Waals surface area (Å²) in [6, 6.07) is 6.25. The number of amides is 2. The van der Waals surface area contributed by atoms with Crippen LogP contribution in [0.1, 0.15) is 44.1 Å². The molecule has 4 unspecified atom stereocenters. The number of carbonyl (C=O) groups excluding carboxylic acids is 4. The first-order chi connectivity index (χ1) is 19.7. The number of alkyl halides is 1. The monoisotopic (exact) mass is 644 g/mol. The number of rotatable bonds is 9. The van der Waals surface area contributed by atoms with Crippen molar-refractivity contribution in [2.45, 2.75) is 56.9 Å². The first kappa shape index (κ1) is 31.3. The first-order valence-electron chi connectivity index (χ1n) is 13.6. The number of nitrogens with one attached hydrogen (secondary N) is 1. The minimum absolute atomic E-state index is 0.0461. The fraction of sp³-hybridized carbons (Fsp3) is 0.500. The Hall–Kier alpha value is -3.67. The number of pyridine rings is 1. The molecular formula is C30H37BrN4O7. The molecule has 42 heavy (non-hydrogen) atoms. The van der Waals surface area contributed by atoms with E-state index in [0.29, 0.717) is 23.1 Å². The maximum atomic E-state index is 13.6. The number of fused-ring (bicyclic) bond motifs is 1. The molecule has 226 valence electrons. The lowest BCUT2D eigenvalue weighted by Crippen LogP contribution is -2.53. The average Bonchev–Trinajstić information content (AvgIpc) is 3.48. The molecule has 0 bridgehead atoms. The Morgan fingerprint density at radius 1 is 1.24 bits per heavy atom. The van der Waals surface area contributed by atoms with Crippen molar-refractivity contribution in [1.82, 2.24) is 15.2 Å². The van der Waals surface area contributed by atoms with Gasteiger partial charge in [-0.1, -0.05) is 22.0 Å². The third-order valence-corrected chi connectivity index (χ3v) is 7.87. The minimum atomic E-state index is -1.22. The van der Waals surface area contributed by atoms with E-state index in [-0.39, 0.29) is 35.7 Å². The van der Waals surface area contributed by atoms with Crippen LogP contribution in [-0.4, -0.2) is 90.0 Å². The largest absolute Gasteiger partial charge is 0.488 e. The summed E-state index contributed by atoms with van der Waals surface area (Å²) in [5, 5.41) is 3.58. The zero-order valence-corrected chi connectivity index (χ0v) is 26.3. The number of hydrogen-bond acceptors (Lipinski definition) is 9. The van der Waals surface area contributed by atoms with Crippen LogP contribution in [0.3, 0.4) is 0 Å². The second kappa shape index (κ2) is 11.9. The number of methoxy groups -OCH3 is 1. The highest BCUT2D eigenvalue weighted by Crippen LogP contribution is 2.45. The average molecular weight is 646 g/mol. The van der Waals surface area contributed by atoms with Crippen molar-refractivity contribution in [3.8, 4) is 5.75 Å². The quantitative estimate of drug-likeness (QED) is 0.187. The lowest BCUT2D eigenvalue weighted by molar-refractivity contribution is -0.147. The van der Waals surface area contributed by atoms with Gasteiger partial charge in [0.05, 0.1) is 24.5 Å². The number of hydrogen-bond donors (Lipinski definition) is 1. The lowest BCUT2D eigenvalue weighted by atomic mass is 10.1. The van der Waals surface area contributed by atoms with Gasteiger partial charge in [0.15, 0.2) is 5.78 Å². The summed E-state index contributed by atoms with van der Waals surface area (Å²) < 4.78 is 17.0. The predicted octanol–water partition coefficient (Wildman–Crippen LogP) is 3.87. The molecule has 1 aromatic carbocycles. The fourth-order valence-electron chi connectivity index (χ4n) is 5.09.